The third kappa shape index (κ3) is 7.99. The number of rotatable bonds is 9. The van der Waals surface area contributed by atoms with Crippen molar-refractivity contribution in [3.05, 3.63) is 59.9 Å². The van der Waals surface area contributed by atoms with Crippen molar-refractivity contribution in [3.8, 4) is 0 Å². The minimum atomic E-state index is -1.80. The molecule has 1 aliphatic carbocycles. The van der Waals surface area contributed by atoms with Gasteiger partial charge in [0.2, 0.25) is 17.7 Å². The van der Waals surface area contributed by atoms with Crippen molar-refractivity contribution in [1.29, 1.82) is 0 Å². The van der Waals surface area contributed by atoms with Gasteiger partial charge in [0.05, 0.1) is 0 Å². The molecular weight excluding hydrogens is 469 g/mol. The van der Waals surface area contributed by atoms with Gasteiger partial charge in [-0.25, -0.2) is 4.39 Å². The molecule has 3 amide bonds. The van der Waals surface area contributed by atoms with Crippen molar-refractivity contribution >= 4 is 39.9 Å². The van der Waals surface area contributed by atoms with Gasteiger partial charge < -0.3 is 10.6 Å². The number of benzene rings is 2. The summed E-state index contributed by atoms with van der Waals surface area (Å²) in [5.41, 5.74) is 1.82. The lowest BCUT2D eigenvalue weighted by molar-refractivity contribution is -0.126. The molecule has 2 aromatic carbocycles. The van der Waals surface area contributed by atoms with Gasteiger partial charge in [-0.05, 0) is 68.7 Å². The Bertz CT molecular complexity index is 1070. The highest BCUT2D eigenvalue weighted by Crippen LogP contribution is 2.21. The third-order valence-corrected chi connectivity index (χ3v) is 7.12. The standard InChI is InChI=1S/C26H32FN3O4S/c1-18-7-6-10-23(15-18)30(19(2)26(33)29-21-8-4-3-5-9-21)25(32)17-35(34)16-24(31)28-22-13-11-20(27)12-14-22/h6-7,10-15,19,21H,3-5,8-9,16-17H2,1-2H3,(H,28,31)(H,29,33)/t19-,35+/m0/s1. The lowest BCUT2D eigenvalue weighted by Gasteiger charge is -2.31. The van der Waals surface area contributed by atoms with E-state index in [-0.39, 0.29) is 11.9 Å². The van der Waals surface area contributed by atoms with Gasteiger partial charge in [0.1, 0.15) is 23.4 Å². The molecule has 9 heteroatoms. The van der Waals surface area contributed by atoms with Crippen LogP contribution in [0.4, 0.5) is 15.8 Å². The van der Waals surface area contributed by atoms with E-state index in [0.717, 1.165) is 37.7 Å². The second-order valence-electron chi connectivity index (χ2n) is 8.91. The second-order valence-corrected chi connectivity index (χ2v) is 10.4. The number of aryl methyl sites for hydroxylation is 1. The number of anilines is 2. The van der Waals surface area contributed by atoms with E-state index in [0.29, 0.717) is 11.4 Å². The highest BCUT2D eigenvalue weighted by Gasteiger charge is 2.30. The molecule has 0 bridgehead atoms. The van der Waals surface area contributed by atoms with Crippen LogP contribution in [0.5, 0.6) is 0 Å². The lowest BCUT2D eigenvalue weighted by Crippen LogP contribution is -2.52. The van der Waals surface area contributed by atoms with Crippen LogP contribution in [-0.4, -0.2) is 45.5 Å². The first-order valence-corrected chi connectivity index (χ1v) is 13.3. The normalized spacial score (nSPS) is 15.6. The quantitative estimate of drug-likeness (QED) is 0.548. The molecule has 1 saturated carbocycles. The zero-order chi connectivity index (χ0) is 25.4. The fourth-order valence-corrected chi connectivity index (χ4v) is 5.06. The smallest absolute Gasteiger partial charge is 0.243 e. The van der Waals surface area contributed by atoms with Gasteiger partial charge in [-0.1, -0.05) is 31.4 Å². The Morgan fingerprint density at radius 2 is 1.74 bits per heavy atom. The van der Waals surface area contributed by atoms with Crippen LogP contribution in [0.1, 0.15) is 44.6 Å². The van der Waals surface area contributed by atoms with E-state index in [1.54, 1.807) is 25.1 Å². The molecule has 2 aromatic rings. The number of hydrogen-bond donors (Lipinski definition) is 2. The van der Waals surface area contributed by atoms with Crippen molar-refractivity contribution in [1.82, 2.24) is 5.32 Å². The number of nitrogens with one attached hydrogen (secondary N) is 2. The van der Waals surface area contributed by atoms with E-state index < -0.39 is 46.0 Å². The minimum Gasteiger partial charge on any atom is -0.352 e. The summed E-state index contributed by atoms with van der Waals surface area (Å²) in [7, 11) is -1.80. The van der Waals surface area contributed by atoms with Crippen LogP contribution in [0, 0.1) is 12.7 Å². The Hall–Kier alpha value is -3.07. The molecule has 188 valence electrons. The van der Waals surface area contributed by atoms with Gasteiger partial charge in [-0.2, -0.15) is 0 Å². The summed E-state index contributed by atoms with van der Waals surface area (Å²) in [6, 6.07) is 11.7. The number of halogens is 1. The zero-order valence-corrected chi connectivity index (χ0v) is 20.9. The summed E-state index contributed by atoms with van der Waals surface area (Å²) >= 11 is 0. The van der Waals surface area contributed by atoms with Crippen LogP contribution in [-0.2, 0) is 25.2 Å². The summed E-state index contributed by atoms with van der Waals surface area (Å²) in [6.07, 6.45) is 5.14. The summed E-state index contributed by atoms with van der Waals surface area (Å²) in [5, 5.41) is 5.60. The molecule has 0 unspecified atom stereocenters. The maximum absolute atomic E-state index is 13.3. The maximum atomic E-state index is 13.3. The summed E-state index contributed by atoms with van der Waals surface area (Å²) in [5.74, 6) is -2.55. The van der Waals surface area contributed by atoms with Crippen molar-refractivity contribution in [2.24, 2.45) is 0 Å². The fraction of sp³-hybridized carbons (Fsp3) is 0.423. The molecule has 2 N–H and O–H groups in total. The largest absolute Gasteiger partial charge is 0.352 e. The molecule has 1 aliphatic rings. The predicted molar refractivity (Wildman–Crippen MR) is 136 cm³/mol. The number of carbonyl (C=O) groups is 3. The molecule has 0 spiro atoms. The van der Waals surface area contributed by atoms with Crippen molar-refractivity contribution in [3.63, 3.8) is 0 Å². The number of hydrogen-bond acceptors (Lipinski definition) is 4. The van der Waals surface area contributed by atoms with E-state index in [1.165, 1.54) is 29.2 Å². The maximum Gasteiger partial charge on any atom is 0.243 e. The van der Waals surface area contributed by atoms with Crippen molar-refractivity contribution in [2.45, 2.75) is 58.0 Å². The molecule has 35 heavy (non-hydrogen) atoms. The Morgan fingerprint density at radius 1 is 1.06 bits per heavy atom. The van der Waals surface area contributed by atoms with E-state index in [4.69, 9.17) is 0 Å². The molecule has 0 aliphatic heterocycles. The van der Waals surface area contributed by atoms with Gasteiger partial charge in [0.15, 0.2) is 0 Å². The van der Waals surface area contributed by atoms with E-state index in [2.05, 4.69) is 10.6 Å². The Balaban J connectivity index is 1.67. The van der Waals surface area contributed by atoms with Crippen LogP contribution in [0.2, 0.25) is 0 Å². The summed E-state index contributed by atoms with van der Waals surface area (Å²) < 4.78 is 25.7. The number of amides is 3. The van der Waals surface area contributed by atoms with Crippen molar-refractivity contribution in [2.75, 3.05) is 21.7 Å². The van der Waals surface area contributed by atoms with Crippen molar-refractivity contribution < 1.29 is 23.0 Å². The van der Waals surface area contributed by atoms with Crippen LogP contribution >= 0.6 is 0 Å². The fourth-order valence-electron chi connectivity index (χ4n) is 4.18. The van der Waals surface area contributed by atoms with Gasteiger partial charge in [0, 0.05) is 28.2 Å². The molecule has 0 heterocycles. The monoisotopic (exact) mass is 501 g/mol. The topological polar surface area (TPSA) is 95.6 Å². The van der Waals surface area contributed by atoms with E-state index >= 15 is 0 Å². The molecule has 0 radical (unpaired) electrons. The van der Waals surface area contributed by atoms with Gasteiger partial charge in [0.25, 0.3) is 0 Å². The first-order chi connectivity index (χ1) is 16.7. The zero-order valence-electron chi connectivity index (χ0n) is 20.1. The Labute approximate surface area is 207 Å². The highest BCUT2D eigenvalue weighted by molar-refractivity contribution is 7.86. The average molecular weight is 502 g/mol. The molecule has 0 saturated heterocycles. The van der Waals surface area contributed by atoms with Crippen LogP contribution in [0.25, 0.3) is 0 Å². The predicted octanol–water partition coefficient (Wildman–Crippen LogP) is 3.69. The second kappa shape index (κ2) is 12.6. The molecule has 7 nitrogen and oxygen atoms in total. The summed E-state index contributed by atoms with van der Waals surface area (Å²) in [4.78, 5) is 39.9. The number of nitrogens with zero attached hydrogens (tertiary/aromatic N) is 1. The first-order valence-electron chi connectivity index (χ1n) is 11.8. The first kappa shape index (κ1) is 26.5. The third-order valence-electron chi connectivity index (χ3n) is 5.97. The van der Waals surface area contributed by atoms with E-state index in [1.807, 2.05) is 13.0 Å². The number of carbonyl (C=O) groups excluding carboxylic acids is 3. The molecule has 0 aromatic heterocycles. The van der Waals surface area contributed by atoms with Crippen LogP contribution in [0.15, 0.2) is 48.5 Å². The van der Waals surface area contributed by atoms with Gasteiger partial charge in [-0.15, -0.1) is 0 Å². The van der Waals surface area contributed by atoms with Crippen LogP contribution in [0.3, 0.4) is 0 Å². The Kier molecular flexibility index (Phi) is 9.54. The SMILES string of the molecule is Cc1cccc(N(C(=O)C[S@](=O)CC(=O)Nc2ccc(F)cc2)[C@@H](C)C(=O)NC2CCCCC2)c1. The average Bonchev–Trinajstić information content (AvgIpc) is 2.81. The molecule has 1 fully saturated rings. The molecule has 2 atom stereocenters. The Morgan fingerprint density at radius 3 is 2.40 bits per heavy atom. The van der Waals surface area contributed by atoms with Gasteiger partial charge in [-0.3, -0.25) is 23.5 Å². The van der Waals surface area contributed by atoms with Gasteiger partial charge >= 0.3 is 0 Å². The van der Waals surface area contributed by atoms with Crippen LogP contribution < -0.4 is 15.5 Å². The molecular formula is C26H32FN3O4S. The highest BCUT2D eigenvalue weighted by atomic mass is 32.2. The summed E-state index contributed by atoms with van der Waals surface area (Å²) in [6.45, 7) is 3.54. The molecule has 3 rings (SSSR count). The minimum absolute atomic E-state index is 0.0949. The lowest BCUT2D eigenvalue weighted by atomic mass is 9.95. The van der Waals surface area contributed by atoms with E-state index in [9.17, 15) is 23.0 Å².